The molecule has 1 saturated heterocycles. The minimum Gasteiger partial charge on any atom is -0.313 e. The third-order valence-corrected chi connectivity index (χ3v) is 2.49. The molecule has 0 aromatic heterocycles. The number of amides is 1. The van der Waals surface area contributed by atoms with Gasteiger partial charge in [-0.15, -0.1) is 0 Å². The van der Waals surface area contributed by atoms with Crippen LogP contribution in [0.3, 0.4) is 0 Å². The number of benzene rings is 1. The maximum Gasteiger partial charge on any atom is 0.257 e. The Balaban J connectivity index is 2.20. The van der Waals surface area contributed by atoms with Gasteiger partial charge < -0.3 is 4.90 Å². The quantitative estimate of drug-likeness (QED) is 0.661. The second-order valence-corrected chi connectivity index (χ2v) is 3.49. The zero-order valence-corrected chi connectivity index (χ0v) is 8.07. The topological polar surface area (TPSA) is 20.3 Å². The van der Waals surface area contributed by atoms with Crippen molar-refractivity contribution in [2.45, 2.75) is 12.8 Å². The fraction of sp³-hybridized carbons (Fsp3) is 0.250. The standard InChI is InChI=1S/C12H13NO/c1-10-6-5-9-13(10)12(14)11-7-3-2-4-8-11/h2-4,7-8H,1,5-6,9H2. The Morgan fingerprint density at radius 3 is 2.57 bits per heavy atom. The molecule has 0 radical (unpaired) electrons. The molecule has 0 aliphatic carbocycles. The van der Waals surface area contributed by atoms with Crippen LogP contribution >= 0.6 is 0 Å². The summed E-state index contributed by atoms with van der Waals surface area (Å²) in [6.07, 6.45) is 1.98. The largest absolute Gasteiger partial charge is 0.313 e. The predicted octanol–water partition coefficient (Wildman–Crippen LogP) is 2.44. The van der Waals surface area contributed by atoms with E-state index in [-0.39, 0.29) is 5.91 Å². The minimum absolute atomic E-state index is 0.0769. The van der Waals surface area contributed by atoms with Gasteiger partial charge >= 0.3 is 0 Å². The zero-order chi connectivity index (χ0) is 9.97. The molecule has 1 aromatic carbocycles. The summed E-state index contributed by atoms with van der Waals surface area (Å²) in [4.78, 5) is 13.7. The number of carbonyl (C=O) groups excluding carboxylic acids is 1. The molecule has 2 rings (SSSR count). The van der Waals surface area contributed by atoms with Gasteiger partial charge in [0, 0.05) is 17.8 Å². The lowest BCUT2D eigenvalue weighted by molar-refractivity contribution is 0.0826. The Bertz CT molecular complexity index is 356. The lowest BCUT2D eigenvalue weighted by atomic mass is 10.2. The second kappa shape index (κ2) is 3.66. The first kappa shape index (κ1) is 9.00. The van der Waals surface area contributed by atoms with Gasteiger partial charge in [0.1, 0.15) is 0 Å². The van der Waals surface area contributed by atoms with Crippen molar-refractivity contribution in [1.82, 2.24) is 4.90 Å². The maximum atomic E-state index is 11.9. The molecule has 2 nitrogen and oxygen atoms in total. The Kier molecular flexibility index (Phi) is 2.35. The molecule has 0 N–H and O–H groups in total. The predicted molar refractivity (Wildman–Crippen MR) is 55.9 cm³/mol. The number of allylic oxidation sites excluding steroid dienone is 1. The maximum absolute atomic E-state index is 11.9. The smallest absolute Gasteiger partial charge is 0.257 e. The molecule has 1 amide bonds. The summed E-state index contributed by atoms with van der Waals surface area (Å²) < 4.78 is 0. The molecule has 1 aliphatic rings. The third-order valence-electron chi connectivity index (χ3n) is 2.49. The van der Waals surface area contributed by atoms with Crippen LogP contribution in [0, 0.1) is 0 Å². The first-order valence-electron chi connectivity index (χ1n) is 4.84. The van der Waals surface area contributed by atoms with E-state index in [4.69, 9.17) is 0 Å². The molecule has 1 heterocycles. The van der Waals surface area contributed by atoms with Gasteiger partial charge in [0.2, 0.25) is 0 Å². The van der Waals surface area contributed by atoms with Gasteiger partial charge in [-0.25, -0.2) is 0 Å². The highest BCUT2D eigenvalue weighted by Gasteiger charge is 2.22. The van der Waals surface area contributed by atoms with Gasteiger partial charge in [-0.1, -0.05) is 24.8 Å². The SMILES string of the molecule is C=C1CCCN1C(=O)c1ccccc1. The van der Waals surface area contributed by atoms with Gasteiger partial charge in [-0.3, -0.25) is 4.79 Å². The van der Waals surface area contributed by atoms with Crippen LogP contribution in [0.25, 0.3) is 0 Å². The highest BCUT2D eigenvalue weighted by atomic mass is 16.2. The van der Waals surface area contributed by atoms with Crippen LogP contribution in [0.5, 0.6) is 0 Å². The molecule has 72 valence electrons. The number of hydrogen-bond donors (Lipinski definition) is 0. The van der Waals surface area contributed by atoms with Crippen molar-refractivity contribution in [3.05, 3.63) is 48.2 Å². The van der Waals surface area contributed by atoms with Crippen molar-refractivity contribution < 1.29 is 4.79 Å². The monoisotopic (exact) mass is 187 g/mol. The molecule has 0 unspecified atom stereocenters. The number of carbonyl (C=O) groups is 1. The number of rotatable bonds is 1. The molecule has 1 aliphatic heterocycles. The van der Waals surface area contributed by atoms with Crippen LogP contribution in [0.1, 0.15) is 23.2 Å². The van der Waals surface area contributed by atoms with Gasteiger partial charge in [0.25, 0.3) is 5.91 Å². The normalized spacial score (nSPS) is 16.0. The Hall–Kier alpha value is -1.57. The number of hydrogen-bond acceptors (Lipinski definition) is 1. The summed E-state index contributed by atoms with van der Waals surface area (Å²) in [7, 11) is 0. The van der Waals surface area contributed by atoms with E-state index in [1.165, 1.54) is 0 Å². The van der Waals surface area contributed by atoms with E-state index in [1.807, 2.05) is 30.3 Å². The molecule has 0 bridgehead atoms. The van der Waals surface area contributed by atoms with E-state index in [9.17, 15) is 4.79 Å². The van der Waals surface area contributed by atoms with E-state index in [0.29, 0.717) is 0 Å². The first-order valence-corrected chi connectivity index (χ1v) is 4.84. The van der Waals surface area contributed by atoms with Crippen LogP contribution < -0.4 is 0 Å². The average Bonchev–Trinajstić information content (AvgIpc) is 2.65. The average molecular weight is 187 g/mol. The van der Waals surface area contributed by atoms with E-state index < -0.39 is 0 Å². The summed E-state index contributed by atoms with van der Waals surface area (Å²) in [5.41, 5.74) is 1.69. The molecule has 1 fully saturated rings. The van der Waals surface area contributed by atoms with E-state index >= 15 is 0 Å². The molecular formula is C12H13NO. The van der Waals surface area contributed by atoms with Crippen LogP contribution in [-0.4, -0.2) is 17.4 Å². The van der Waals surface area contributed by atoms with Crippen molar-refractivity contribution in [2.24, 2.45) is 0 Å². The second-order valence-electron chi connectivity index (χ2n) is 3.49. The summed E-state index contributed by atoms with van der Waals surface area (Å²) in [6.45, 7) is 4.70. The summed E-state index contributed by atoms with van der Waals surface area (Å²) >= 11 is 0. The van der Waals surface area contributed by atoms with Crippen LogP contribution in [0.15, 0.2) is 42.6 Å². The molecule has 2 heteroatoms. The Labute approximate surface area is 83.8 Å². The van der Waals surface area contributed by atoms with Crippen molar-refractivity contribution in [3.63, 3.8) is 0 Å². The van der Waals surface area contributed by atoms with E-state index in [2.05, 4.69) is 6.58 Å². The highest BCUT2D eigenvalue weighted by molar-refractivity contribution is 5.95. The van der Waals surface area contributed by atoms with Gasteiger partial charge in [-0.05, 0) is 25.0 Å². The summed E-state index contributed by atoms with van der Waals surface area (Å²) in [5.74, 6) is 0.0769. The highest BCUT2D eigenvalue weighted by Crippen LogP contribution is 2.21. The molecule has 1 aromatic rings. The lowest BCUT2D eigenvalue weighted by Crippen LogP contribution is -2.25. The Morgan fingerprint density at radius 2 is 2.00 bits per heavy atom. The fourth-order valence-electron chi connectivity index (χ4n) is 1.72. The van der Waals surface area contributed by atoms with Crippen LogP contribution in [0.2, 0.25) is 0 Å². The van der Waals surface area contributed by atoms with Crippen molar-refractivity contribution in [3.8, 4) is 0 Å². The van der Waals surface area contributed by atoms with E-state index in [1.54, 1.807) is 4.90 Å². The van der Waals surface area contributed by atoms with Crippen molar-refractivity contribution in [2.75, 3.05) is 6.54 Å². The first-order chi connectivity index (χ1) is 6.79. The third kappa shape index (κ3) is 1.55. The van der Waals surface area contributed by atoms with Crippen molar-refractivity contribution >= 4 is 5.91 Å². The zero-order valence-electron chi connectivity index (χ0n) is 8.07. The Morgan fingerprint density at radius 1 is 1.29 bits per heavy atom. The van der Waals surface area contributed by atoms with Crippen LogP contribution in [-0.2, 0) is 0 Å². The number of likely N-dealkylation sites (tertiary alicyclic amines) is 1. The molecule has 0 spiro atoms. The van der Waals surface area contributed by atoms with Gasteiger partial charge in [0.05, 0.1) is 0 Å². The molecular weight excluding hydrogens is 174 g/mol. The minimum atomic E-state index is 0.0769. The van der Waals surface area contributed by atoms with Gasteiger partial charge in [-0.2, -0.15) is 0 Å². The number of nitrogens with zero attached hydrogens (tertiary/aromatic N) is 1. The lowest BCUT2D eigenvalue weighted by Gasteiger charge is -2.16. The van der Waals surface area contributed by atoms with Crippen LogP contribution in [0.4, 0.5) is 0 Å². The fourth-order valence-corrected chi connectivity index (χ4v) is 1.72. The summed E-state index contributed by atoms with van der Waals surface area (Å²) in [6, 6.07) is 9.36. The summed E-state index contributed by atoms with van der Waals surface area (Å²) in [5, 5.41) is 0. The molecule has 0 atom stereocenters. The van der Waals surface area contributed by atoms with Gasteiger partial charge in [0.15, 0.2) is 0 Å². The molecule has 14 heavy (non-hydrogen) atoms. The van der Waals surface area contributed by atoms with E-state index in [0.717, 1.165) is 30.6 Å². The van der Waals surface area contributed by atoms with Crippen molar-refractivity contribution in [1.29, 1.82) is 0 Å². The molecule has 0 saturated carbocycles.